The van der Waals surface area contributed by atoms with Crippen molar-refractivity contribution in [2.24, 2.45) is 10.9 Å². The topological polar surface area (TPSA) is 65.3 Å². The number of hydrogen-bond acceptors (Lipinski definition) is 6. The second-order valence-corrected chi connectivity index (χ2v) is 6.71. The number of halogens is 3. The molecule has 0 aromatic heterocycles. The van der Waals surface area contributed by atoms with Gasteiger partial charge in [0.2, 0.25) is 0 Å². The molecule has 0 bridgehead atoms. The Balaban J connectivity index is 1.74. The van der Waals surface area contributed by atoms with Gasteiger partial charge in [0.05, 0.1) is 12.0 Å². The van der Waals surface area contributed by atoms with Gasteiger partial charge in [-0.2, -0.15) is 13.2 Å². The number of rotatable bonds is 1. The van der Waals surface area contributed by atoms with Gasteiger partial charge < -0.3 is 19.8 Å². The third kappa shape index (κ3) is 2.64. The van der Waals surface area contributed by atoms with Crippen molar-refractivity contribution < 1.29 is 28.1 Å². The van der Waals surface area contributed by atoms with Crippen LogP contribution in [0.25, 0.3) is 0 Å². The molecule has 3 heterocycles. The van der Waals surface area contributed by atoms with E-state index in [4.69, 9.17) is 4.74 Å². The highest BCUT2D eigenvalue weighted by Gasteiger charge is 2.55. The van der Waals surface area contributed by atoms with Crippen molar-refractivity contribution >= 4 is 16.9 Å². The first-order chi connectivity index (χ1) is 9.79. The lowest BCUT2D eigenvalue weighted by Crippen LogP contribution is -2.58. The standard InChI is InChI=1S/C12H17F3N2O3S/c1-5(12(13,14)15)9-8(19)7(18)6-10(20-9)21-11(16-6)17-3-2-4-17/h5-10,18-19H,2-4H2,1H3/t5-,6?,7?,8?,9?,10?/m1/s1. The van der Waals surface area contributed by atoms with Gasteiger partial charge in [-0.05, 0) is 6.42 Å². The number of thioether (sulfide) groups is 1. The fourth-order valence-corrected chi connectivity index (χ4v) is 3.90. The maximum atomic E-state index is 12.8. The average molecular weight is 326 g/mol. The molecule has 2 N–H and O–H groups in total. The molecular weight excluding hydrogens is 309 g/mol. The first kappa shape index (κ1) is 15.4. The molecule has 5 unspecified atom stereocenters. The van der Waals surface area contributed by atoms with Gasteiger partial charge >= 0.3 is 6.18 Å². The normalized spacial score (nSPS) is 41.3. The molecule has 0 aromatic carbocycles. The van der Waals surface area contributed by atoms with Crippen molar-refractivity contribution in [2.75, 3.05) is 13.1 Å². The molecule has 3 aliphatic rings. The Morgan fingerprint density at radius 2 is 2.00 bits per heavy atom. The zero-order valence-electron chi connectivity index (χ0n) is 11.3. The van der Waals surface area contributed by atoms with Crippen molar-refractivity contribution in [3.05, 3.63) is 0 Å². The number of aliphatic imine (C=N–C) groups is 1. The number of ether oxygens (including phenoxy) is 1. The first-order valence-corrected chi connectivity index (χ1v) is 7.74. The predicted octanol–water partition coefficient (Wildman–Crippen LogP) is 0.809. The van der Waals surface area contributed by atoms with Crippen LogP contribution in [0.4, 0.5) is 13.2 Å². The van der Waals surface area contributed by atoms with E-state index in [-0.39, 0.29) is 0 Å². The highest BCUT2D eigenvalue weighted by atomic mass is 32.2. The molecule has 9 heteroatoms. The minimum Gasteiger partial charge on any atom is -0.388 e. The van der Waals surface area contributed by atoms with E-state index in [9.17, 15) is 23.4 Å². The Morgan fingerprint density at radius 3 is 2.52 bits per heavy atom. The molecule has 2 fully saturated rings. The largest absolute Gasteiger partial charge is 0.394 e. The summed E-state index contributed by atoms with van der Waals surface area (Å²) in [6.45, 7) is 2.66. The van der Waals surface area contributed by atoms with Crippen LogP contribution in [0, 0.1) is 5.92 Å². The van der Waals surface area contributed by atoms with Crippen LogP contribution < -0.4 is 0 Å². The van der Waals surface area contributed by atoms with E-state index < -0.39 is 41.9 Å². The zero-order chi connectivity index (χ0) is 15.4. The number of amidine groups is 1. The van der Waals surface area contributed by atoms with Gasteiger partial charge in [0.15, 0.2) is 5.17 Å². The Morgan fingerprint density at radius 1 is 1.33 bits per heavy atom. The monoisotopic (exact) mass is 326 g/mol. The second kappa shape index (κ2) is 5.29. The van der Waals surface area contributed by atoms with Crippen LogP contribution in [0.5, 0.6) is 0 Å². The molecule has 0 saturated carbocycles. The van der Waals surface area contributed by atoms with Crippen LogP contribution in [-0.4, -0.2) is 69.3 Å². The molecule has 0 aromatic rings. The van der Waals surface area contributed by atoms with Gasteiger partial charge in [-0.15, -0.1) is 0 Å². The van der Waals surface area contributed by atoms with Crippen molar-refractivity contribution in [1.82, 2.24) is 4.90 Å². The summed E-state index contributed by atoms with van der Waals surface area (Å²) in [7, 11) is 0. The molecule has 5 nitrogen and oxygen atoms in total. The number of fused-ring (bicyclic) bond motifs is 1. The lowest BCUT2D eigenvalue weighted by molar-refractivity contribution is -0.244. The van der Waals surface area contributed by atoms with Crippen LogP contribution in [0.1, 0.15) is 13.3 Å². The highest BCUT2D eigenvalue weighted by molar-refractivity contribution is 8.14. The third-order valence-electron chi connectivity index (χ3n) is 4.22. The van der Waals surface area contributed by atoms with Crippen LogP contribution in [0.15, 0.2) is 4.99 Å². The number of aliphatic hydroxyl groups is 2. The van der Waals surface area contributed by atoms with Gasteiger partial charge in [-0.1, -0.05) is 18.7 Å². The zero-order valence-corrected chi connectivity index (χ0v) is 12.1. The van der Waals surface area contributed by atoms with Crippen molar-refractivity contribution in [1.29, 1.82) is 0 Å². The predicted molar refractivity (Wildman–Crippen MR) is 70.9 cm³/mol. The van der Waals surface area contributed by atoms with Gasteiger partial charge in [0.25, 0.3) is 0 Å². The molecule has 0 aliphatic carbocycles. The summed E-state index contributed by atoms with van der Waals surface area (Å²) >= 11 is 1.23. The van der Waals surface area contributed by atoms with Crippen LogP contribution in [-0.2, 0) is 4.74 Å². The summed E-state index contributed by atoms with van der Waals surface area (Å²) in [4.78, 5) is 6.30. The lowest BCUT2D eigenvalue weighted by atomic mass is 9.90. The molecule has 0 radical (unpaired) electrons. The summed E-state index contributed by atoms with van der Waals surface area (Å²) in [5, 5.41) is 20.7. The van der Waals surface area contributed by atoms with Gasteiger partial charge in [-0.25, -0.2) is 0 Å². The number of likely N-dealkylation sites (tertiary alicyclic amines) is 1. The molecule has 3 aliphatic heterocycles. The quantitative estimate of drug-likeness (QED) is 0.746. The summed E-state index contributed by atoms with van der Waals surface area (Å²) in [6, 6.07) is -0.711. The number of aliphatic hydroxyl groups excluding tert-OH is 2. The maximum Gasteiger partial charge on any atom is 0.394 e. The van der Waals surface area contributed by atoms with E-state index in [2.05, 4.69) is 4.99 Å². The highest BCUT2D eigenvalue weighted by Crippen LogP contribution is 2.42. The lowest BCUT2D eigenvalue weighted by Gasteiger charge is -2.41. The summed E-state index contributed by atoms with van der Waals surface area (Å²) < 4.78 is 43.9. The molecule has 2 saturated heterocycles. The minimum absolute atomic E-state index is 0.672. The van der Waals surface area contributed by atoms with Crippen molar-refractivity contribution in [3.63, 3.8) is 0 Å². The van der Waals surface area contributed by atoms with Crippen LogP contribution >= 0.6 is 11.8 Å². The van der Waals surface area contributed by atoms with Gasteiger partial charge in [0.1, 0.15) is 23.7 Å². The summed E-state index contributed by atoms with van der Waals surface area (Å²) in [6.07, 6.45) is -7.84. The number of alkyl halides is 3. The Hall–Kier alpha value is -0.510. The van der Waals surface area contributed by atoms with E-state index >= 15 is 0 Å². The molecule has 3 rings (SSSR count). The number of hydrogen-bond donors (Lipinski definition) is 2. The van der Waals surface area contributed by atoms with E-state index in [0.717, 1.165) is 26.4 Å². The molecule has 120 valence electrons. The van der Waals surface area contributed by atoms with Crippen molar-refractivity contribution in [2.45, 2.75) is 49.3 Å². The molecule has 6 atom stereocenters. The van der Waals surface area contributed by atoms with Crippen LogP contribution in [0.3, 0.4) is 0 Å². The molecule has 0 spiro atoms. The van der Waals surface area contributed by atoms with Gasteiger partial charge in [-0.3, -0.25) is 4.99 Å². The molecule has 21 heavy (non-hydrogen) atoms. The third-order valence-corrected chi connectivity index (χ3v) is 5.42. The Bertz CT molecular complexity index is 444. The maximum absolute atomic E-state index is 12.8. The SMILES string of the molecule is C[C@H](C1OC2SC(N3CCC3)=NC2C(O)C1O)C(F)(F)F. The summed E-state index contributed by atoms with van der Waals surface area (Å²) in [5.74, 6) is -1.85. The van der Waals surface area contributed by atoms with E-state index in [1.807, 2.05) is 4.90 Å². The second-order valence-electron chi connectivity index (χ2n) is 5.64. The Kier molecular flexibility index (Phi) is 3.88. The smallest absolute Gasteiger partial charge is 0.388 e. The molecular formula is C12H17F3N2O3S. The fraction of sp³-hybridized carbons (Fsp3) is 0.917. The number of nitrogens with zero attached hydrogens (tertiary/aromatic N) is 2. The minimum atomic E-state index is -4.48. The van der Waals surface area contributed by atoms with E-state index in [1.165, 1.54) is 11.8 Å². The average Bonchev–Trinajstić information content (AvgIpc) is 2.73. The van der Waals surface area contributed by atoms with E-state index in [1.54, 1.807) is 0 Å². The first-order valence-electron chi connectivity index (χ1n) is 6.87. The van der Waals surface area contributed by atoms with Crippen LogP contribution in [0.2, 0.25) is 0 Å². The van der Waals surface area contributed by atoms with E-state index in [0.29, 0.717) is 5.17 Å². The van der Waals surface area contributed by atoms with Crippen molar-refractivity contribution in [3.8, 4) is 0 Å². The fourth-order valence-electron chi connectivity index (χ4n) is 2.63. The molecule has 0 amide bonds. The van der Waals surface area contributed by atoms with Gasteiger partial charge in [0, 0.05) is 13.1 Å². The Labute approximate surface area is 124 Å². The summed E-state index contributed by atoms with van der Waals surface area (Å²) in [5.41, 5.74) is -0.672.